The fraction of sp³-hybridized carbons (Fsp3) is 0.643. The van der Waals surface area contributed by atoms with Crippen molar-refractivity contribution in [1.29, 1.82) is 0 Å². The number of rotatable bonds is 9. The zero-order chi connectivity index (χ0) is 19.9. The lowest BCUT2D eigenvalue weighted by atomic mass is 10.1. The predicted molar refractivity (Wildman–Crippen MR) is 84.6 cm³/mol. The van der Waals surface area contributed by atoms with Crippen LogP contribution in [0.5, 0.6) is 0 Å². The number of likely N-dealkylation sites (tertiary alicyclic amines) is 1. The number of aliphatic carboxylic acids is 2. The minimum Gasteiger partial charge on any atom is -0.481 e. The summed E-state index contributed by atoms with van der Waals surface area (Å²) in [5, 5.41) is 30.5. The smallest absolute Gasteiger partial charge is 0.328 e. The molecular formula is C14H22N4O8. The number of nitrogens with two attached hydrogens (primary N) is 1. The molecule has 26 heavy (non-hydrogen) atoms. The molecule has 0 aromatic heterocycles. The highest BCUT2D eigenvalue weighted by Gasteiger charge is 2.36. The third-order valence-corrected chi connectivity index (χ3v) is 3.79. The summed E-state index contributed by atoms with van der Waals surface area (Å²) in [7, 11) is 0. The van der Waals surface area contributed by atoms with Gasteiger partial charge in [-0.3, -0.25) is 19.2 Å². The second-order valence-corrected chi connectivity index (χ2v) is 5.75. The van der Waals surface area contributed by atoms with Gasteiger partial charge in [-0.25, -0.2) is 4.79 Å². The number of aliphatic hydroxyl groups excluding tert-OH is 1. The standard InChI is InChI=1S/C14H22N4O8/c15-7(4-11(21)22)13(24)18-3-1-2-9(18)12(23)16-5-10(20)17-8(6-19)14(25)26/h7-9,19H,1-6,15H2,(H,16,23)(H,17,20)(H,21,22)(H,25,26). The van der Waals surface area contributed by atoms with E-state index in [1.807, 2.05) is 5.32 Å². The van der Waals surface area contributed by atoms with Crippen LogP contribution in [0.4, 0.5) is 0 Å². The molecule has 0 spiro atoms. The minimum atomic E-state index is -1.49. The summed E-state index contributed by atoms with van der Waals surface area (Å²) in [4.78, 5) is 58.5. The maximum Gasteiger partial charge on any atom is 0.328 e. The van der Waals surface area contributed by atoms with E-state index in [4.69, 9.17) is 21.1 Å². The molecule has 12 heteroatoms. The lowest BCUT2D eigenvalue weighted by Crippen LogP contribution is -2.53. The Bertz CT molecular complexity index is 581. The van der Waals surface area contributed by atoms with Crippen LogP contribution in [0.2, 0.25) is 0 Å². The number of nitrogens with one attached hydrogen (secondary N) is 2. The number of carbonyl (C=O) groups excluding carboxylic acids is 3. The first-order valence-corrected chi connectivity index (χ1v) is 7.86. The van der Waals surface area contributed by atoms with Gasteiger partial charge in [0, 0.05) is 6.54 Å². The van der Waals surface area contributed by atoms with E-state index in [-0.39, 0.29) is 6.54 Å². The van der Waals surface area contributed by atoms with Crippen LogP contribution in [0.15, 0.2) is 0 Å². The van der Waals surface area contributed by atoms with E-state index >= 15 is 0 Å². The van der Waals surface area contributed by atoms with Gasteiger partial charge in [0.05, 0.1) is 25.6 Å². The van der Waals surface area contributed by atoms with Crippen LogP contribution in [-0.4, -0.2) is 87.7 Å². The van der Waals surface area contributed by atoms with Gasteiger partial charge in [-0.05, 0) is 12.8 Å². The molecule has 0 radical (unpaired) electrons. The lowest BCUT2D eigenvalue weighted by Gasteiger charge is -2.26. The number of aliphatic hydroxyl groups is 1. The topological polar surface area (TPSA) is 199 Å². The van der Waals surface area contributed by atoms with Crippen molar-refractivity contribution in [1.82, 2.24) is 15.5 Å². The quantitative estimate of drug-likeness (QED) is 0.236. The highest BCUT2D eigenvalue weighted by atomic mass is 16.4. The van der Waals surface area contributed by atoms with E-state index in [0.29, 0.717) is 12.8 Å². The van der Waals surface area contributed by atoms with Crippen LogP contribution < -0.4 is 16.4 Å². The van der Waals surface area contributed by atoms with Crippen molar-refractivity contribution in [3.63, 3.8) is 0 Å². The molecule has 3 atom stereocenters. The Labute approximate surface area is 148 Å². The largest absolute Gasteiger partial charge is 0.481 e. The number of hydrogen-bond donors (Lipinski definition) is 6. The summed E-state index contributed by atoms with van der Waals surface area (Å²) in [6, 6.07) is -3.65. The van der Waals surface area contributed by atoms with Gasteiger partial charge in [0.25, 0.3) is 0 Å². The number of hydrogen-bond acceptors (Lipinski definition) is 7. The SMILES string of the molecule is NC(CC(=O)O)C(=O)N1CCCC1C(=O)NCC(=O)NC(CO)C(=O)O. The molecule has 0 aliphatic carbocycles. The summed E-state index contributed by atoms with van der Waals surface area (Å²) >= 11 is 0. The molecule has 0 aromatic rings. The van der Waals surface area contributed by atoms with Gasteiger partial charge in [-0.15, -0.1) is 0 Å². The molecule has 1 aliphatic rings. The molecule has 0 saturated carbocycles. The van der Waals surface area contributed by atoms with E-state index in [9.17, 15) is 24.0 Å². The molecule has 0 aromatic carbocycles. The van der Waals surface area contributed by atoms with Crippen molar-refractivity contribution >= 4 is 29.7 Å². The Hall–Kier alpha value is -2.73. The second-order valence-electron chi connectivity index (χ2n) is 5.75. The number of carboxylic acids is 2. The lowest BCUT2D eigenvalue weighted by molar-refractivity contribution is -0.144. The molecule has 3 amide bonds. The van der Waals surface area contributed by atoms with Crippen molar-refractivity contribution in [3.8, 4) is 0 Å². The van der Waals surface area contributed by atoms with Crippen LogP contribution in [0.3, 0.4) is 0 Å². The first-order valence-electron chi connectivity index (χ1n) is 7.86. The highest BCUT2D eigenvalue weighted by Crippen LogP contribution is 2.18. The molecule has 1 saturated heterocycles. The summed E-state index contributed by atoms with van der Waals surface area (Å²) in [5.41, 5.74) is 5.53. The van der Waals surface area contributed by atoms with Crippen molar-refractivity contribution < 1.29 is 39.3 Å². The van der Waals surface area contributed by atoms with Crippen LogP contribution in [0, 0.1) is 0 Å². The Balaban J connectivity index is 2.57. The molecule has 1 fully saturated rings. The number of carboxylic acid groups (broad SMARTS) is 2. The Morgan fingerprint density at radius 3 is 2.38 bits per heavy atom. The highest BCUT2D eigenvalue weighted by molar-refractivity contribution is 5.93. The molecule has 1 heterocycles. The van der Waals surface area contributed by atoms with Gasteiger partial charge < -0.3 is 36.6 Å². The van der Waals surface area contributed by atoms with E-state index in [1.54, 1.807) is 0 Å². The number of carbonyl (C=O) groups is 5. The second kappa shape index (κ2) is 9.68. The van der Waals surface area contributed by atoms with Crippen molar-refractivity contribution in [2.75, 3.05) is 19.7 Å². The van der Waals surface area contributed by atoms with Gasteiger partial charge in [-0.1, -0.05) is 0 Å². The molecule has 0 bridgehead atoms. The third-order valence-electron chi connectivity index (χ3n) is 3.79. The van der Waals surface area contributed by atoms with E-state index in [1.165, 1.54) is 4.90 Å². The van der Waals surface area contributed by atoms with Crippen molar-refractivity contribution in [2.45, 2.75) is 37.4 Å². The van der Waals surface area contributed by atoms with Crippen LogP contribution >= 0.6 is 0 Å². The fourth-order valence-electron chi connectivity index (χ4n) is 2.51. The first kappa shape index (κ1) is 21.3. The van der Waals surface area contributed by atoms with Gasteiger partial charge >= 0.3 is 11.9 Å². The van der Waals surface area contributed by atoms with Gasteiger partial charge in [-0.2, -0.15) is 0 Å². The number of amides is 3. The van der Waals surface area contributed by atoms with Gasteiger partial charge in [0.1, 0.15) is 12.1 Å². The van der Waals surface area contributed by atoms with E-state index in [2.05, 4.69) is 5.32 Å². The first-order chi connectivity index (χ1) is 12.2. The Morgan fingerprint density at radius 1 is 1.19 bits per heavy atom. The number of nitrogens with zero attached hydrogens (tertiary/aromatic N) is 1. The Morgan fingerprint density at radius 2 is 1.85 bits per heavy atom. The van der Waals surface area contributed by atoms with Crippen LogP contribution in [0.25, 0.3) is 0 Å². The zero-order valence-corrected chi connectivity index (χ0v) is 13.9. The Kier molecular flexibility index (Phi) is 7.93. The zero-order valence-electron chi connectivity index (χ0n) is 13.9. The normalized spacial score (nSPS) is 18.7. The average molecular weight is 374 g/mol. The van der Waals surface area contributed by atoms with Gasteiger partial charge in [0.2, 0.25) is 17.7 Å². The predicted octanol–water partition coefficient (Wildman–Crippen LogP) is -3.54. The summed E-state index contributed by atoms with van der Waals surface area (Å²) < 4.78 is 0. The molecule has 1 rings (SSSR count). The molecule has 7 N–H and O–H groups in total. The molecule has 1 aliphatic heterocycles. The van der Waals surface area contributed by atoms with Crippen LogP contribution in [-0.2, 0) is 24.0 Å². The average Bonchev–Trinajstić information content (AvgIpc) is 3.05. The molecular weight excluding hydrogens is 352 g/mol. The minimum absolute atomic E-state index is 0.238. The van der Waals surface area contributed by atoms with E-state index in [0.717, 1.165) is 0 Å². The van der Waals surface area contributed by atoms with Crippen molar-refractivity contribution in [3.05, 3.63) is 0 Å². The van der Waals surface area contributed by atoms with Crippen LogP contribution in [0.1, 0.15) is 19.3 Å². The summed E-state index contributed by atoms with van der Waals surface area (Å²) in [5.74, 6) is -4.78. The third kappa shape index (κ3) is 5.97. The molecule has 3 unspecified atom stereocenters. The van der Waals surface area contributed by atoms with E-state index < -0.39 is 67.4 Å². The monoisotopic (exact) mass is 374 g/mol. The fourth-order valence-corrected chi connectivity index (χ4v) is 2.51. The maximum absolute atomic E-state index is 12.2. The molecule has 146 valence electrons. The summed E-state index contributed by atoms with van der Waals surface area (Å²) in [6.07, 6.45) is 0.276. The van der Waals surface area contributed by atoms with Crippen molar-refractivity contribution in [2.24, 2.45) is 5.73 Å². The maximum atomic E-state index is 12.2. The summed E-state index contributed by atoms with van der Waals surface area (Å²) in [6.45, 7) is -1.11. The van der Waals surface area contributed by atoms with Gasteiger partial charge in [0.15, 0.2) is 0 Å². The molecule has 12 nitrogen and oxygen atoms in total.